The van der Waals surface area contributed by atoms with Crippen LogP contribution in [0.25, 0.3) is 0 Å². The van der Waals surface area contributed by atoms with E-state index in [1.165, 1.54) is 24.8 Å². The number of H-pyrrole nitrogens is 1. The first-order valence-corrected chi connectivity index (χ1v) is 6.91. The van der Waals surface area contributed by atoms with Crippen LogP contribution in [0.4, 0.5) is 0 Å². The maximum Gasteiger partial charge on any atom is 0.251 e. The lowest BCUT2D eigenvalue weighted by molar-refractivity contribution is -0.131. The van der Waals surface area contributed by atoms with E-state index < -0.39 is 0 Å². The van der Waals surface area contributed by atoms with Gasteiger partial charge in [0.15, 0.2) is 0 Å². The molecule has 2 N–H and O–H groups in total. The Balaban J connectivity index is 1.76. The van der Waals surface area contributed by atoms with Crippen molar-refractivity contribution in [2.24, 2.45) is 0 Å². The molecule has 0 spiro atoms. The van der Waals surface area contributed by atoms with Gasteiger partial charge in [-0.1, -0.05) is 0 Å². The molecule has 6 nitrogen and oxygen atoms in total. The molecule has 108 valence electrons. The van der Waals surface area contributed by atoms with Crippen molar-refractivity contribution in [2.75, 3.05) is 19.6 Å². The van der Waals surface area contributed by atoms with Crippen LogP contribution in [-0.4, -0.2) is 41.3 Å². The Labute approximate surface area is 117 Å². The summed E-state index contributed by atoms with van der Waals surface area (Å²) in [5.74, 6) is -0.251. The Bertz CT molecular complexity index is 532. The van der Waals surface area contributed by atoms with Crippen LogP contribution in [0.5, 0.6) is 0 Å². The summed E-state index contributed by atoms with van der Waals surface area (Å²) in [6.07, 6.45) is 5.03. The number of aromatic amines is 1. The third-order valence-corrected chi connectivity index (χ3v) is 3.37. The summed E-state index contributed by atoms with van der Waals surface area (Å²) >= 11 is 0. The van der Waals surface area contributed by atoms with Crippen molar-refractivity contribution in [1.82, 2.24) is 15.2 Å². The zero-order valence-electron chi connectivity index (χ0n) is 11.4. The molecule has 0 aromatic carbocycles. The molecule has 0 bridgehead atoms. The van der Waals surface area contributed by atoms with E-state index in [1.54, 1.807) is 0 Å². The van der Waals surface area contributed by atoms with Crippen LogP contribution in [-0.2, 0) is 4.79 Å². The van der Waals surface area contributed by atoms with Gasteiger partial charge in [0, 0.05) is 43.9 Å². The average molecular weight is 277 g/mol. The number of likely N-dealkylation sites (tertiary alicyclic amines) is 1. The van der Waals surface area contributed by atoms with Gasteiger partial charge >= 0.3 is 0 Å². The smallest absolute Gasteiger partial charge is 0.251 e. The predicted octanol–water partition coefficient (Wildman–Crippen LogP) is 0.507. The molecule has 1 aliphatic rings. The molecule has 0 radical (unpaired) electrons. The zero-order valence-corrected chi connectivity index (χ0v) is 11.4. The fourth-order valence-electron chi connectivity index (χ4n) is 2.27. The Kier molecular flexibility index (Phi) is 4.92. The standard InChI is InChI=1S/C14H19N3O3/c18-12-10-11(4-6-15-12)14(20)16-7-5-13(19)17-8-2-1-3-9-17/h4,6,10H,1-3,5,7-9H2,(H,15,18)(H,16,20). The minimum Gasteiger partial charge on any atom is -0.352 e. The minimum atomic E-state index is -0.331. The van der Waals surface area contributed by atoms with Crippen LogP contribution < -0.4 is 10.9 Å². The van der Waals surface area contributed by atoms with Gasteiger partial charge in [0.1, 0.15) is 0 Å². The highest BCUT2D eigenvalue weighted by atomic mass is 16.2. The van der Waals surface area contributed by atoms with Crippen molar-refractivity contribution < 1.29 is 9.59 Å². The topological polar surface area (TPSA) is 82.3 Å². The lowest BCUT2D eigenvalue weighted by atomic mass is 10.1. The molecular weight excluding hydrogens is 258 g/mol. The van der Waals surface area contributed by atoms with Crippen molar-refractivity contribution in [3.05, 3.63) is 34.2 Å². The molecule has 0 saturated carbocycles. The predicted molar refractivity (Wildman–Crippen MR) is 74.4 cm³/mol. The van der Waals surface area contributed by atoms with Crippen LogP contribution in [0.15, 0.2) is 23.1 Å². The van der Waals surface area contributed by atoms with Crippen molar-refractivity contribution in [3.63, 3.8) is 0 Å². The number of aromatic nitrogens is 1. The van der Waals surface area contributed by atoms with Crippen LogP contribution in [0.3, 0.4) is 0 Å². The molecule has 1 aliphatic heterocycles. The van der Waals surface area contributed by atoms with Crippen molar-refractivity contribution >= 4 is 11.8 Å². The molecule has 2 heterocycles. The Hall–Kier alpha value is -2.11. The van der Waals surface area contributed by atoms with Gasteiger partial charge in [0.2, 0.25) is 11.5 Å². The molecule has 6 heteroatoms. The molecule has 20 heavy (non-hydrogen) atoms. The quantitative estimate of drug-likeness (QED) is 0.841. The van der Waals surface area contributed by atoms with Gasteiger partial charge in [-0.2, -0.15) is 0 Å². The van der Waals surface area contributed by atoms with Crippen molar-refractivity contribution in [1.29, 1.82) is 0 Å². The summed E-state index contributed by atoms with van der Waals surface area (Å²) in [5.41, 5.74) is -0.0128. The van der Waals surface area contributed by atoms with E-state index in [4.69, 9.17) is 0 Å². The van der Waals surface area contributed by atoms with E-state index in [1.807, 2.05) is 4.90 Å². The summed E-state index contributed by atoms with van der Waals surface area (Å²) < 4.78 is 0. The van der Waals surface area contributed by atoms with E-state index in [9.17, 15) is 14.4 Å². The van der Waals surface area contributed by atoms with Crippen LogP contribution in [0.2, 0.25) is 0 Å². The highest BCUT2D eigenvalue weighted by molar-refractivity contribution is 5.94. The summed E-state index contributed by atoms with van der Waals surface area (Å²) in [6, 6.07) is 2.77. The molecule has 2 rings (SSSR count). The highest BCUT2D eigenvalue weighted by Crippen LogP contribution is 2.09. The number of pyridine rings is 1. The third kappa shape index (κ3) is 3.94. The van der Waals surface area contributed by atoms with Crippen LogP contribution in [0.1, 0.15) is 36.0 Å². The molecule has 1 aromatic heterocycles. The molecule has 1 aromatic rings. The van der Waals surface area contributed by atoms with Gasteiger partial charge in [-0.15, -0.1) is 0 Å². The molecule has 0 atom stereocenters. The first-order chi connectivity index (χ1) is 9.66. The van der Waals surface area contributed by atoms with E-state index in [0.29, 0.717) is 18.5 Å². The molecule has 0 aliphatic carbocycles. The van der Waals surface area contributed by atoms with Gasteiger partial charge in [-0.05, 0) is 25.3 Å². The second-order valence-electron chi connectivity index (χ2n) is 4.89. The molecular formula is C14H19N3O3. The monoisotopic (exact) mass is 277 g/mol. The second kappa shape index (κ2) is 6.88. The molecule has 0 unspecified atom stereocenters. The number of amides is 2. The number of nitrogens with zero attached hydrogens (tertiary/aromatic N) is 1. The maximum absolute atomic E-state index is 11.9. The van der Waals surface area contributed by atoms with Gasteiger partial charge < -0.3 is 15.2 Å². The molecule has 2 amide bonds. The van der Waals surface area contributed by atoms with E-state index in [2.05, 4.69) is 10.3 Å². The maximum atomic E-state index is 11.9. The SMILES string of the molecule is O=C(NCCC(=O)N1CCCCC1)c1cc[nH]c(=O)c1. The minimum absolute atomic E-state index is 0.0795. The van der Waals surface area contributed by atoms with Gasteiger partial charge in [-0.3, -0.25) is 14.4 Å². The Morgan fingerprint density at radius 1 is 1.25 bits per heavy atom. The number of carbonyl (C=O) groups is 2. The van der Waals surface area contributed by atoms with E-state index >= 15 is 0 Å². The molecule has 1 fully saturated rings. The number of piperidine rings is 1. The Morgan fingerprint density at radius 2 is 2.00 bits per heavy atom. The van der Waals surface area contributed by atoms with E-state index in [-0.39, 0.29) is 17.4 Å². The second-order valence-corrected chi connectivity index (χ2v) is 4.89. The summed E-state index contributed by atoms with van der Waals surface area (Å²) in [5, 5.41) is 2.66. The van der Waals surface area contributed by atoms with Crippen molar-refractivity contribution in [3.8, 4) is 0 Å². The fraction of sp³-hybridized carbons (Fsp3) is 0.500. The Morgan fingerprint density at radius 3 is 2.70 bits per heavy atom. The van der Waals surface area contributed by atoms with Crippen LogP contribution in [0, 0.1) is 0 Å². The number of nitrogens with one attached hydrogen (secondary N) is 2. The van der Waals surface area contributed by atoms with Gasteiger partial charge in [-0.25, -0.2) is 0 Å². The number of hydrogen-bond acceptors (Lipinski definition) is 3. The lowest BCUT2D eigenvalue weighted by Crippen LogP contribution is -2.37. The lowest BCUT2D eigenvalue weighted by Gasteiger charge is -2.26. The van der Waals surface area contributed by atoms with Crippen molar-refractivity contribution in [2.45, 2.75) is 25.7 Å². The average Bonchev–Trinajstić information content (AvgIpc) is 2.48. The highest BCUT2D eigenvalue weighted by Gasteiger charge is 2.16. The first kappa shape index (κ1) is 14.3. The van der Waals surface area contributed by atoms with E-state index in [0.717, 1.165) is 25.9 Å². The third-order valence-electron chi connectivity index (χ3n) is 3.37. The van der Waals surface area contributed by atoms with Gasteiger partial charge in [0.25, 0.3) is 5.91 Å². The largest absolute Gasteiger partial charge is 0.352 e. The van der Waals surface area contributed by atoms with Crippen LogP contribution >= 0.6 is 0 Å². The number of hydrogen-bond donors (Lipinski definition) is 2. The summed E-state index contributed by atoms with van der Waals surface area (Å²) in [7, 11) is 0. The summed E-state index contributed by atoms with van der Waals surface area (Å²) in [4.78, 5) is 39.0. The number of carbonyl (C=O) groups excluding carboxylic acids is 2. The fourth-order valence-corrected chi connectivity index (χ4v) is 2.27. The number of rotatable bonds is 4. The van der Waals surface area contributed by atoms with Gasteiger partial charge in [0.05, 0.1) is 0 Å². The normalized spacial score (nSPS) is 14.9. The summed E-state index contributed by atoms with van der Waals surface area (Å²) in [6.45, 7) is 1.93. The zero-order chi connectivity index (χ0) is 14.4. The molecule has 1 saturated heterocycles. The first-order valence-electron chi connectivity index (χ1n) is 6.91.